The molecule has 0 aliphatic rings. The molecule has 0 aromatic carbocycles. The number of nitrogens with two attached hydrogens (primary N) is 1. The van der Waals surface area contributed by atoms with E-state index in [-0.39, 0.29) is 5.41 Å². The second kappa shape index (κ2) is 4.58. The summed E-state index contributed by atoms with van der Waals surface area (Å²) in [4.78, 5) is 1.41. The van der Waals surface area contributed by atoms with Crippen molar-refractivity contribution in [1.29, 1.82) is 0 Å². The summed E-state index contributed by atoms with van der Waals surface area (Å²) in [5.74, 6) is 0. The maximum absolute atomic E-state index is 5.77. The van der Waals surface area contributed by atoms with E-state index in [2.05, 4.69) is 41.2 Å². The molecular formula is C10H16BrNS. The fourth-order valence-corrected chi connectivity index (χ4v) is 2.89. The summed E-state index contributed by atoms with van der Waals surface area (Å²) in [6, 6.07) is 2.10. The van der Waals surface area contributed by atoms with Crippen LogP contribution >= 0.6 is 27.3 Å². The van der Waals surface area contributed by atoms with Crippen LogP contribution in [0.1, 0.15) is 25.1 Å². The molecule has 0 aliphatic heterocycles. The van der Waals surface area contributed by atoms with Crippen molar-refractivity contribution in [2.24, 2.45) is 11.1 Å². The summed E-state index contributed by atoms with van der Waals surface area (Å²) in [6.45, 7) is 5.21. The molecule has 74 valence electrons. The van der Waals surface area contributed by atoms with Gasteiger partial charge in [0, 0.05) is 9.35 Å². The first-order valence-corrected chi connectivity index (χ1v) is 6.20. The van der Waals surface area contributed by atoms with Crippen LogP contribution in [0.4, 0.5) is 0 Å². The molecule has 1 unspecified atom stereocenters. The first-order chi connectivity index (χ1) is 6.11. The van der Waals surface area contributed by atoms with Gasteiger partial charge < -0.3 is 5.73 Å². The number of thiophene rings is 1. The largest absolute Gasteiger partial charge is 0.330 e. The van der Waals surface area contributed by atoms with Crippen LogP contribution in [0.2, 0.25) is 0 Å². The van der Waals surface area contributed by atoms with Gasteiger partial charge in [-0.3, -0.25) is 0 Å². The van der Waals surface area contributed by atoms with E-state index in [9.17, 15) is 0 Å². The summed E-state index contributed by atoms with van der Waals surface area (Å²) in [5, 5.41) is 2.12. The first-order valence-electron chi connectivity index (χ1n) is 4.53. The highest BCUT2D eigenvalue weighted by molar-refractivity contribution is 9.10. The minimum absolute atomic E-state index is 0.257. The van der Waals surface area contributed by atoms with Gasteiger partial charge in [-0.1, -0.05) is 13.8 Å². The maximum Gasteiger partial charge on any atom is 0.0314 e. The molecule has 2 N–H and O–H groups in total. The lowest BCUT2D eigenvalue weighted by Gasteiger charge is -2.25. The van der Waals surface area contributed by atoms with E-state index >= 15 is 0 Å². The SMILES string of the molecule is CCC(C)(CN)Cc1sccc1Br. The van der Waals surface area contributed by atoms with E-state index in [0.29, 0.717) is 0 Å². The summed E-state index contributed by atoms with van der Waals surface area (Å²) < 4.78 is 1.23. The van der Waals surface area contributed by atoms with Gasteiger partial charge in [0.05, 0.1) is 0 Å². The highest BCUT2D eigenvalue weighted by Gasteiger charge is 2.22. The molecule has 0 radical (unpaired) electrons. The second-order valence-corrected chi connectivity index (χ2v) is 5.59. The van der Waals surface area contributed by atoms with Crippen molar-refractivity contribution < 1.29 is 0 Å². The minimum Gasteiger partial charge on any atom is -0.330 e. The minimum atomic E-state index is 0.257. The predicted molar refractivity (Wildman–Crippen MR) is 63.2 cm³/mol. The molecule has 0 fully saturated rings. The Labute approximate surface area is 92.5 Å². The molecule has 1 atom stereocenters. The Hall–Kier alpha value is 0.140. The van der Waals surface area contributed by atoms with Gasteiger partial charge in [-0.05, 0) is 52.2 Å². The van der Waals surface area contributed by atoms with Crippen molar-refractivity contribution in [2.75, 3.05) is 6.54 Å². The summed E-state index contributed by atoms with van der Waals surface area (Å²) >= 11 is 5.35. The molecule has 13 heavy (non-hydrogen) atoms. The molecule has 3 heteroatoms. The van der Waals surface area contributed by atoms with E-state index in [1.807, 2.05) is 0 Å². The van der Waals surface area contributed by atoms with Crippen molar-refractivity contribution in [2.45, 2.75) is 26.7 Å². The first kappa shape index (κ1) is 11.2. The number of hydrogen-bond donors (Lipinski definition) is 1. The maximum atomic E-state index is 5.77. The molecule has 1 aromatic rings. The normalized spacial score (nSPS) is 15.7. The molecule has 0 aliphatic carbocycles. The average molecular weight is 262 g/mol. The van der Waals surface area contributed by atoms with Gasteiger partial charge in [0.1, 0.15) is 0 Å². The van der Waals surface area contributed by atoms with Crippen LogP contribution in [0, 0.1) is 5.41 Å². The standard InChI is InChI=1S/C10H16BrNS/c1-3-10(2,7-12)6-9-8(11)4-5-13-9/h4-5H,3,6-7,12H2,1-2H3. The Morgan fingerprint density at radius 2 is 2.31 bits per heavy atom. The third kappa shape index (κ3) is 2.79. The fraction of sp³-hybridized carbons (Fsp3) is 0.600. The van der Waals surface area contributed by atoms with Crippen molar-refractivity contribution >= 4 is 27.3 Å². The predicted octanol–water partition coefficient (Wildman–Crippen LogP) is 3.43. The van der Waals surface area contributed by atoms with Crippen LogP contribution in [0.25, 0.3) is 0 Å². The third-order valence-corrected chi connectivity index (χ3v) is 4.55. The van der Waals surface area contributed by atoms with E-state index < -0.39 is 0 Å². The zero-order valence-corrected chi connectivity index (χ0v) is 10.5. The fourth-order valence-electron chi connectivity index (χ4n) is 1.18. The van der Waals surface area contributed by atoms with Crippen LogP contribution in [0.15, 0.2) is 15.9 Å². The molecule has 1 nitrogen and oxygen atoms in total. The van der Waals surface area contributed by atoms with Gasteiger partial charge in [-0.2, -0.15) is 0 Å². The van der Waals surface area contributed by atoms with Crippen LogP contribution in [0.3, 0.4) is 0 Å². The Morgan fingerprint density at radius 3 is 2.69 bits per heavy atom. The lowest BCUT2D eigenvalue weighted by Crippen LogP contribution is -2.28. The molecule has 0 saturated heterocycles. The highest BCUT2D eigenvalue weighted by atomic mass is 79.9. The van der Waals surface area contributed by atoms with Gasteiger partial charge in [0.15, 0.2) is 0 Å². The monoisotopic (exact) mass is 261 g/mol. The van der Waals surface area contributed by atoms with Gasteiger partial charge in [0.2, 0.25) is 0 Å². The van der Waals surface area contributed by atoms with E-state index in [4.69, 9.17) is 5.73 Å². The molecule has 0 bridgehead atoms. The Balaban J connectivity index is 2.73. The van der Waals surface area contributed by atoms with Crippen LogP contribution in [-0.4, -0.2) is 6.54 Å². The highest BCUT2D eigenvalue weighted by Crippen LogP contribution is 2.32. The smallest absolute Gasteiger partial charge is 0.0314 e. The van der Waals surface area contributed by atoms with Crippen molar-refractivity contribution in [3.8, 4) is 0 Å². The summed E-state index contributed by atoms with van der Waals surface area (Å²) in [5.41, 5.74) is 6.03. The van der Waals surface area contributed by atoms with Crippen molar-refractivity contribution in [3.05, 3.63) is 20.8 Å². The Morgan fingerprint density at radius 1 is 1.62 bits per heavy atom. The van der Waals surface area contributed by atoms with E-state index in [1.165, 1.54) is 9.35 Å². The van der Waals surface area contributed by atoms with Crippen LogP contribution in [0.5, 0.6) is 0 Å². The molecule has 0 saturated carbocycles. The molecule has 1 aromatic heterocycles. The summed E-state index contributed by atoms with van der Waals surface area (Å²) in [7, 11) is 0. The lowest BCUT2D eigenvalue weighted by atomic mass is 9.84. The van der Waals surface area contributed by atoms with Gasteiger partial charge in [-0.15, -0.1) is 11.3 Å². The Bertz CT molecular complexity index is 266. The third-order valence-electron chi connectivity index (χ3n) is 2.62. The molecule has 0 spiro atoms. The van der Waals surface area contributed by atoms with Crippen molar-refractivity contribution in [1.82, 2.24) is 0 Å². The number of rotatable bonds is 4. The Kier molecular flexibility index (Phi) is 3.95. The summed E-state index contributed by atoms with van der Waals surface area (Å²) in [6.07, 6.45) is 2.21. The zero-order valence-electron chi connectivity index (χ0n) is 8.14. The molecular weight excluding hydrogens is 246 g/mol. The molecule has 1 rings (SSSR count). The van der Waals surface area contributed by atoms with Crippen molar-refractivity contribution in [3.63, 3.8) is 0 Å². The zero-order chi connectivity index (χ0) is 9.90. The number of halogens is 1. The molecule has 0 amide bonds. The van der Waals surface area contributed by atoms with E-state index in [1.54, 1.807) is 11.3 Å². The van der Waals surface area contributed by atoms with Gasteiger partial charge in [0.25, 0.3) is 0 Å². The molecule has 1 heterocycles. The topological polar surface area (TPSA) is 26.0 Å². The van der Waals surface area contributed by atoms with E-state index in [0.717, 1.165) is 19.4 Å². The van der Waals surface area contributed by atoms with Gasteiger partial charge >= 0.3 is 0 Å². The number of hydrogen-bond acceptors (Lipinski definition) is 2. The lowest BCUT2D eigenvalue weighted by molar-refractivity contribution is 0.322. The quantitative estimate of drug-likeness (QED) is 0.883. The van der Waals surface area contributed by atoms with Crippen LogP contribution in [-0.2, 0) is 6.42 Å². The van der Waals surface area contributed by atoms with Gasteiger partial charge in [-0.25, -0.2) is 0 Å². The van der Waals surface area contributed by atoms with Crippen LogP contribution < -0.4 is 5.73 Å². The average Bonchev–Trinajstić information content (AvgIpc) is 2.52. The second-order valence-electron chi connectivity index (χ2n) is 3.74.